The van der Waals surface area contributed by atoms with Crippen molar-refractivity contribution in [3.05, 3.63) is 70.8 Å². The summed E-state index contributed by atoms with van der Waals surface area (Å²) in [6, 6.07) is 15.4. The molecule has 3 heteroatoms. The molecule has 0 radical (unpaired) electrons. The number of rotatable bonds is 14. The summed E-state index contributed by atoms with van der Waals surface area (Å²) < 4.78 is 5.35. The molecule has 0 atom stereocenters. The van der Waals surface area contributed by atoms with Crippen LogP contribution in [0.25, 0.3) is 5.57 Å². The Kier molecular flexibility index (Phi) is 11.6. The largest absolute Gasteiger partial charge is 0.396 e. The van der Waals surface area contributed by atoms with E-state index in [0.717, 1.165) is 18.6 Å². The van der Waals surface area contributed by atoms with Crippen molar-refractivity contribution in [3.63, 3.8) is 0 Å². The van der Waals surface area contributed by atoms with Crippen LogP contribution >= 0.6 is 11.8 Å². The molecule has 0 aliphatic carbocycles. The Morgan fingerprint density at radius 2 is 1.78 bits per heavy atom. The predicted molar refractivity (Wildman–Crippen MR) is 140 cm³/mol. The lowest BCUT2D eigenvalue weighted by molar-refractivity contribution is 0.122. The summed E-state index contributed by atoms with van der Waals surface area (Å²) in [5.74, 6) is 0.959. The van der Waals surface area contributed by atoms with Crippen LogP contribution in [-0.2, 0) is 11.3 Å². The van der Waals surface area contributed by atoms with Gasteiger partial charge in [-0.15, -0.1) is 11.8 Å². The van der Waals surface area contributed by atoms with Crippen LogP contribution < -0.4 is 0 Å². The van der Waals surface area contributed by atoms with Gasteiger partial charge in [-0.1, -0.05) is 81.5 Å². The summed E-state index contributed by atoms with van der Waals surface area (Å²) >= 11 is 1.92. The van der Waals surface area contributed by atoms with Gasteiger partial charge in [0, 0.05) is 29.8 Å². The predicted octanol–water partition coefficient (Wildman–Crippen LogP) is 8.04. The van der Waals surface area contributed by atoms with Gasteiger partial charge in [-0.2, -0.15) is 0 Å². The van der Waals surface area contributed by atoms with E-state index in [9.17, 15) is 5.11 Å². The molecular weight excluding hydrogens is 412 g/mol. The fourth-order valence-corrected chi connectivity index (χ4v) is 5.59. The number of methoxy groups -OCH3 is 1. The maximum atomic E-state index is 10.4. The first-order chi connectivity index (χ1) is 15.5. The lowest BCUT2D eigenvalue weighted by Crippen LogP contribution is -2.28. The molecule has 0 spiro atoms. The number of unbranched alkanes of at least 4 members (excludes halogenated alkanes) is 2. The summed E-state index contributed by atoms with van der Waals surface area (Å²) in [4.78, 5) is 1.30. The third-order valence-electron chi connectivity index (χ3n) is 6.25. The Labute approximate surface area is 200 Å². The van der Waals surface area contributed by atoms with Gasteiger partial charge in [0.25, 0.3) is 0 Å². The van der Waals surface area contributed by atoms with Gasteiger partial charge in [0.05, 0.1) is 6.61 Å². The highest BCUT2D eigenvalue weighted by Gasteiger charge is 2.29. The number of thioether (sulfide) groups is 1. The van der Waals surface area contributed by atoms with Gasteiger partial charge in [-0.05, 0) is 61.1 Å². The van der Waals surface area contributed by atoms with Crippen molar-refractivity contribution in [3.8, 4) is 0 Å². The number of allylic oxidation sites excluding steroid dienone is 1. The lowest BCUT2D eigenvalue weighted by Gasteiger charge is -2.32. The van der Waals surface area contributed by atoms with Crippen LogP contribution in [0.4, 0.5) is 0 Å². The van der Waals surface area contributed by atoms with E-state index in [2.05, 4.69) is 76.2 Å². The summed E-state index contributed by atoms with van der Waals surface area (Å²) in [6.07, 6.45) is 9.13. The molecule has 0 aliphatic rings. The van der Waals surface area contributed by atoms with Gasteiger partial charge in [0.2, 0.25) is 0 Å². The number of hydrogen-bond donors (Lipinski definition) is 1. The van der Waals surface area contributed by atoms with Crippen molar-refractivity contribution in [2.45, 2.75) is 77.7 Å². The Bertz CT molecular complexity index is 848. The molecule has 2 nitrogen and oxygen atoms in total. The minimum atomic E-state index is 0.00726. The van der Waals surface area contributed by atoms with Crippen LogP contribution in [0.5, 0.6) is 0 Å². The maximum Gasteiger partial charge on any atom is 0.0713 e. The molecular formula is C29H42O2S. The van der Waals surface area contributed by atoms with Crippen LogP contribution in [0.1, 0.15) is 81.5 Å². The van der Waals surface area contributed by atoms with Crippen LogP contribution in [-0.4, -0.2) is 24.6 Å². The van der Waals surface area contributed by atoms with Gasteiger partial charge < -0.3 is 9.84 Å². The third kappa shape index (κ3) is 7.50. The third-order valence-corrected chi connectivity index (χ3v) is 7.68. The number of hydrogen-bond acceptors (Lipinski definition) is 3. The van der Waals surface area contributed by atoms with E-state index in [1.54, 1.807) is 7.11 Å². The van der Waals surface area contributed by atoms with E-state index in [1.165, 1.54) is 58.4 Å². The van der Waals surface area contributed by atoms with E-state index in [1.807, 2.05) is 11.8 Å². The molecule has 0 aromatic heterocycles. The molecule has 0 bridgehead atoms. The fourth-order valence-electron chi connectivity index (χ4n) is 4.26. The second-order valence-corrected chi connectivity index (χ2v) is 10.0. The zero-order chi connectivity index (χ0) is 23.4. The topological polar surface area (TPSA) is 29.5 Å². The number of aliphatic hydroxyl groups is 1. The molecule has 1 N–H and O–H groups in total. The van der Waals surface area contributed by atoms with Crippen LogP contribution in [0.3, 0.4) is 0 Å². The van der Waals surface area contributed by atoms with Crippen molar-refractivity contribution in [2.75, 3.05) is 19.5 Å². The van der Waals surface area contributed by atoms with Crippen LogP contribution in [0.2, 0.25) is 0 Å². The van der Waals surface area contributed by atoms with E-state index < -0.39 is 0 Å². The van der Waals surface area contributed by atoms with Gasteiger partial charge in [0.1, 0.15) is 0 Å². The molecule has 2 aromatic rings. The van der Waals surface area contributed by atoms with Gasteiger partial charge in [0.15, 0.2) is 0 Å². The molecule has 0 fully saturated rings. The van der Waals surface area contributed by atoms with Crippen molar-refractivity contribution in [1.29, 1.82) is 0 Å². The second kappa shape index (κ2) is 13.9. The molecule has 0 saturated carbocycles. The summed E-state index contributed by atoms with van der Waals surface area (Å²) in [7, 11) is 1.74. The SMILES string of the molecule is C/C=C(/c1cccc(COC)c1)c1cc(C)ccc1SCC(CO)(CCCC)CCCC. The molecule has 2 rings (SSSR count). The molecule has 0 amide bonds. The Morgan fingerprint density at radius 3 is 2.38 bits per heavy atom. The molecule has 0 aliphatic heterocycles. The normalized spacial score (nSPS) is 12.4. The molecule has 32 heavy (non-hydrogen) atoms. The minimum Gasteiger partial charge on any atom is -0.396 e. The first-order valence-corrected chi connectivity index (χ1v) is 13.1. The van der Waals surface area contributed by atoms with Crippen LogP contribution in [0, 0.1) is 12.3 Å². The van der Waals surface area contributed by atoms with Crippen molar-refractivity contribution < 1.29 is 9.84 Å². The quantitative estimate of drug-likeness (QED) is 0.293. The number of aliphatic hydroxyl groups excluding tert-OH is 1. The zero-order valence-electron chi connectivity index (χ0n) is 20.7. The molecule has 0 heterocycles. The second-order valence-electron chi connectivity index (χ2n) is 8.99. The highest BCUT2D eigenvalue weighted by Crippen LogP contribution is 2.40. The lowest BCUT2D eigenvalue weighted by atomic mass is 9.81. The minimum absolute atomic E-state index is 0.00726. The molecule has 2 aromatic carbocycles. The average Bonchev–Trinajstić information content (AvgIpc) is 2.81. The van der Waals surface area contributed by atoms with E-state index >= 15 is 0 Å². The monoisotopic (exact) mass is 454 g/mol. The highest BCUT2D eigenvalue weighted by atomic mass is 32.2. The van der Waals surface area contributed by atoms with Crippen LogP contribution in [0.15, 0.2) is 53.4 Å². The molecule has 176 valence electrons. The Morgan fingerprint density at radius 1 is 1.06 bits per heavy atom. The van der Waals surface area contributed by atoms with E-state index in [4.69, 9.17) is 4.74 Å². The highest BCUT2D eigenvalue weighted by molar-refractivity contribution is 7.99. The smallest absolute Gasteiger partial charge is 0.0713 e. The standard InChI is InChI=1S/C29H42O2S/c1-6-9-16-29(21-30,17-10-7-2)22-32-28-15-14-23(4)18-27(28)26(8-3)25-13-11-12-24(19-25)20-31-5/h8,11-15,18-19,30H,6-7,9-10,16-17,20-22H2,1-5H3/b26-8-. The van der Waals surface area contributed by atoms with Gasteiger partial charge >= 0.3 is 0 Å². The Balaban J connectivity index is 2.36. The zero-order valence-corrected chi connectivity index (χ0v) is 21.6. The van der Waals surface area contributed by atoms with Crippen molar-refractivity contribution >= 4 is 17.3 Å². The molecule has 0 saturated heterocycles. The number of ether oxygens (including phenoxy) is 1. The summed E-state index contributed by atoms with van der Waals surface area (Å²) in [5, 5.41) is 10.4. The fraction of sp³-hybridized carbons (Fsp3) is 0.517. The van der Waals surface area contributed by atoms with E-state index in [-0.39, 0.29) is 12.0 Å². The first-order valence-electron chi connectivity index (χ1n) is 12.1. The number of aryl methyl sites for hydroxylation is 1. The van der Waals surface area contributed by atoms with Crippen molar-refractivity contribution in [1.82, 2.24) is 0 Å². The van der Waals surface area contributed by atoms with E-state index in [0.29, 0.717) is 6.61 Å². The maximum absolute atomic E-state index is 10.4. The number of benzene rings is 2. The van der Waals surface area contributed by atoms with Crippen molar-refractivity contribution in [2.24, 2.45) is 5.41 Å². The Hall–Kier alpha value is -1.55. The van der Waals surface area contributed by atoms with Gasteiger partial charge in [-0.3, -0.25) is 0 Å². The average molecular weight is 455 g/mol. The summed E-state index contributed by atoms with van der Waals surface area (Å²) in [6.45, 7) is 9.65. The first kappa shape index (κ1) is 26.7. The molecule has 0 unspecified atom stereocenters. The van der Waals surface area contributed by atoms with Gasteiger partial charge in [-0.25, -0.2) is 0 Å². The summed E-state index contributed by atoms with van der Waals surface area (Å²) in [5.41, 5.74) is 6.22.